The SMILES string of the molecule is CNC(=O)C(NC(=O)c1nc(-c2ccc(C)c(F)c2)n2c1CN(C)CCC2)C(C)(C)C. The molecule has 0 saturated heterocycles. The Balaban J connectivity index is 2.07. The topological polar surface area (TPSA) is 79.3 Å². The molecule has 1 atom stereocenters. The van der Waals surface area contributed by atoms with E-state index in [9.17, 15) is 14.0 Å². The summed E-state index contributed by atoms with van der Waals surface area (Å²) in [6.07, 6.45) is 0.894. The molecule has 168 valence electrons. The predicted molar refractivity (Wildman–Crippen MR) is 118 cm³/mol. The van der Waals surface area contributed by atoms with Gasteiger partial charge in [0.1, 0.15) is 17.7 Å². The minimum Gasteiger partial charge on any atom is -0.357 e. The van der Waals surface area contributed by atoms with Crippen LogP contribution in [-0.2, 0) is 17.9 Å². The Morgan fingerprint density at radius 2 is 1.94 bits per heavy atom. The number of carbonyl (C=O) groups excluding carboxylic acids is 2. The third-order valence-electron chi connectivity index (χ3n) is 5.71. The average molecular weight is 430 g/mol. The number of halogens is 1. The molecule has 0 radical (unpaired) electrons. The van der Waals surface area contributed by atoms with Gasteiger partial charge in [0.15, 0.2) is 5.69 Å². The van der Waals surface area contributed by atoms with E-state index < -0.39 is 17.4 Å². The number of nitrogens with one attached hydrogen (secondary N) is 2. The first kappa shape index (κ1) is 22.9. The normalized spacial score (nSPS) is 15.7. The summed E-state index contributed by atoms with van der Waals surface area (Å²) in [6.45, 7) is 9.52. The van der Waals surface area contributed by atoms with Gasteiger partial charge < -0.3 is 20.1 Å². The zero-order valence-corrected chi connectivity index (χ0v) is 19.2. The van der Waals surface area contributed by atoms with Gasteiger partial charge in [-0.1, -0.05) is 32.9 Å². The van der Waals surface area contributed by atoms with E-state index in [0.29, 0.717) is 30.0 Å². The maximum atomic E-state index is 14.3. The molecule has 0 spiro atoms. The molecular formula is C23H32FN5O2. The Morgan fingerprint density at radius 3 is 2.55 bits per heavy atom. The van der Waals surface area contributed by atoms with Crippen molar-refractivity contribution in [2.24, 2.45) is 5.41 Å². The minimum absolute atomic E-state index is 0.260. The Bertz CT molecular complexity index is 993. The molecule has 1 aliphatic rings. The lowest BCUT2D eigenvalue weighted by Crippen LogP contribution is -2.53. The molecule has 1 aliphatic heterocycles. The molecule has 1 unspecified atom stereocenters. The fraction of sp³-hybridized carbons (Fsp3) is 0.522. The molecule has 2 heterocycles. The van der Waals surface area contributed by atoms with Crippen molar-refractivity contribution in [2.45, 2.75) is 53.2 Å². The molecule has 8 heteroatoms. The Kier molecular flexibility index (Phi) is 6.50. The van der Waals surface area contributed by atoms with E-state index in [1.54, 1.807) is 20.0 Å². The molecule has 2 amide bonds. The number of imidazole rings is 1. The highest BCUT2D eigenvalue weighted by atomic mass is 19.1. The molecule has 31 heavy (non-hydrogen) atoms. The molecule has 0 saturated carbocycles. The van der Waals surface area contributed by atoms with E-state index in [1.165, 1.54) is 6.07 Å². The second kappa shape index (κ2) is 8.78. The Labute approximate surface area is 183 Å². The Hall–Kier alpha value is -2.74. The van der Waals surface area contributed by atoms with Crippen molar-refractivity contribution in [1.82, 2.24) is 25.1 Å². The van der Waals surface area contributed by atoms with Crippen molar-refractivity contribution < 1.29 is 14.0 Å². The smallest absolute Gasteiger partial charge is 0.272 e. The lowest BCUT2D eigenvalue weighted by atomic mass is 9.86. The summed E-state index contributed by atoms with van der Waals surface area (Å²) in [5.41, 5.74) is 1.77. The largest absolute Gasteiger partial charge is 0.357 e. The molecule has 0 aliphatic carbocycles. The minimum atomic E-state index is -0.717. The molecule has 1 aromatic carbocycles. The monoisotopic (exact) mass is 429 g/mol. The van der Waals surface area contributed by atoms with Crippen LogP contribution in [0.3, 0.4) is 0 Å². The van der Waals surface area contributed by atoms with Crippen LogP contribution in [0.25, 0.3) is 11.4 Å². The van der Waals surface area contributed by atoms with Crippen LogP contribution in [0.2, 0.25) is 0 Å². The first-order valence-corrected chi connectivity index (χ1v) is 10.6. The van der Waals surface area contributed by atoms with E-state index in [-0.39, 0.29) is 17.4 Å². The van der Waals surface area contributed by atoms with Crippen LogP contribution in [-0.4, -0.2) is 52.9 Å². The number of benzene rings is 1. The summed E-state index contributed by atoms with van der Waals surface area (Å²) in [7, 11) is 3.55. The van der Waals surface area contributed by atoms with Gasteiger partial charge in [-0.05, 0) is 44.0 Å². The van der Waals surface area contributed by atoms with Gasteiger partial charge in [-0.15, -0.1) is 0 Å². The maximum absolute atomic E-state index is 14.3. The Morgan fingerprint density at radius 1 is 1.23 bits per heavy atom. The van der Waals surface area contributed by atoms with E-state index in [4.69, 9.17) is 0 Å². The number of likely N-dealkylation sites (N-methyl/N-ethyl adjacent to an activating group) is 1. The van der Waals surface area contributed by atoms with Gasteiger partial charge in [0.05, 0.1) is 5.69 Å². The third kappa shape index (κ3) is 4.79. The van der Waals surface area contributed by atoms with Crippen LogP contribution in [0.5, 0.6) is 0 Å². The van der Waals surface area contributed by atoms with Gasteiger partial charge >= 0.3 is 0 Å². The molecule has 0 fully saturated rings. The van der Waals surface area contributed by atoms with E-state index in [0.717, 1.165) is 18.7 Å². The van der Waals surface area contributed by atoms with Crippen molar-refractivity contribution in [3.8, 4) is 11.4 Å². The summed E-state index contributed by atoms with van der Waals surface area (Å²) >= 11 is 0. The number of amides is 2. The fourth-order valence-corrected chi connectivity index (χ4v) is 3.87. The van der Waals surface area contributed by atoms with Gasteiger partial charge in [0.25, 0.3) is 5.91 Å². The zero-order chi connectivity index (χ0) is 22.9. The van der Waals surface area contributed by atoms with Crippen molar-refractivity contribution in [3.05, 3.63) is 41.0 Å². The molecule has 3 rings (SSSR count). The molecule has 2 N–H and O–H groups in total. The highest BCUT2D eigenvalue weighted by Crippen LogP contribution is 2.28. The summed E-state index contributed by atoms with van der Waals surface area (Å²) < 4.78 is 16.3. The summed E-state index contributed by atoms with van der Waals surface area (Å²) in [5, 5.41) is 5.50. The van der Waals surface area contributed by atoms with Gasteiger partial charge in [-0.2, -0.15) is 0 Å². The number of aryl methyl sites for hydroxylation is 1. The zero-order valence-electron chi connectivity index (χ0n) is 19.2. The van der Waals surface area contributed by atoms with Crippen LogP contribution in [0.4, 0.5) is 4.39 Å². The van der Waals surface area contributed by atoms with Gasteiger partial charge in [-0.25, -0.2) is 9.37 Å². The molecule has 0 bridgehead atoms. The molecule has 7 nitrogen and oxygen atoms in total. The number of carbonyl (C=O) groups is 2. The van der Waals surface area contributed by atoms with E-state index in [1.807, 2.05) is 38.5 Å². The third-order valence-corrected chi connectivity index (χ3v) is 5.71. The second-order valence-electron chi connectivity index (χ2n) is 9.32. The molecule has 1 aromatic heterocycles. The van der Waals surface area contributed by atoms with E-state index >= 15 is 0 Å². The number of nitrogens with zero attached hydrogens (tertiary/aromatic N) is 3. The predicted octanol–water partition coefficient (Wildman–Crippen LogP) is 2.72. The van der Waals surface area contributed by atoms with Gasteiger partial charge in [0.2, 0.25) is 5.91 Å². The highest BCUT2D eigenvalue weighted by Gasteiger charge is 2.34. The van der Waals surface area contributed by atoms with Crippen molar-refractivity contribution in [2.75, 3.05) is 20.6 Å². The van der Waals surface area contributed by atoms with E-state index in [2.05, 4.69) is 20.5 Å². The average Bonchev–Trinajstić information content (AvgIpc) is 2.93. The number of aromatic nitrogens is 2. The highest BCUT2D eigenvalue weighted by molar-refractivity contribution is 5.97. The first-order chi connectivity index (χ1) is 14.5. The van der Waals surface area contributed by atoms with Crippen LogP contribution in [0.1, 0.15) is 48.9 Å². The standard InChI is InChI=1S/C23H32FN5O2/c1-14-8-9-15(12-16(14)24)20-26-18(17-13-28(6)10-7-11-29(17)20)21(30)27-19(22(31)25-5)23(2,3)4/h8-9,12,19H,7,10-11,13H2,1-6H3,(H,25,31)(H,27,30). The van der Waals surface area contributed by atoms with Crippen LogP contribution in [0.15, 0.2) is 18.2 Å². The maximum Gasteiger partial charge on any atom is 0.272 e. The van der Waals surface area contributed by atoms with Gasteiger partial charge in [0, 0.05) is 25.7 Å². The second-order valence-corrected chi connectivity index (χ2v) is 9.32. The summed E-state index contributed by atoms with van der Waals surface area (Å²) in [4.78, 5) is 32.5. The first-order valence-electron chi connectivity index (χ1n) is 10.6. The number of rotatable bonds is 4. The van der Waals surface area contributed by atoms with Crippen LogP contribution in [0, 0.1) is 18.2 Å². The van der Waals surface area contributed by atoms with Crippen molar-refractivity contribution >= 4 is 11.8 Å². The lowest BCUT2D eigenvalue weighted by Gasteiger charge is -2.29. The fourth-order valence-electron chi connectivity index (χ4n) is 3.87. The quantitative estimate of drug-likeness (QED) is 0.783. The summed E-state index contributed by atoms with van der Waals surface area (Å²) in [6, 6.07) is 4.29. The molecule has 2 aromatic rings. The van der Waals surface area contributed by atoms with Crippen LogP contribution < -0.4 is 10.6 Å². The van der Waals surface area contributed by atoms with Crippen molar-refractivity contribution in [3.63, 3.8) is 0 Å². The number of hydrogen-bond donors (Lipinski definition) is 2. The lowest BCUT2D eigenvalue weighted by molar-refractivity contribution is -0.124. The van der Waals surface area contributed by atoms with Crippen LogP contribution >= 0.6 is 0 Å². The number of fused-ring (bicyclic) bond motifs is 1. The number of hydrogen-bond acceptors (Lipinski definition) is 4. The van der Waals surface area contributed by atoms with Gasteiger partial charge in [-0.3, -0.25) is 9.59 Å². The summed E-state index contributed by atoms with van der Waals surface area (Å²) in [5.74, 6) is -0.397. The molecular weight excluding hydrogens is 397 g/mol. The van der Waals surface area contributed by atoms with Crippen molar-refractivity contribution in [1.29, 1.82) is 0 Å².